The summed E-state index contributed by atoms with van der Waals surface area (Å²) in [7, 11) is 0. The van der Waals surface area contributed by atoms with Gasteiger partial charge in [-0.3, -0.25) is 4.79 Å². The average molecular weight is 296 g/mol. The molecule has 0 aromatic heterocycles. The molecule has 0 radical (unpaired) electrons. The molecule has 0 spiro atoms. The monoisotopic (exact) mass is 295 g/mol. The predicted octanol–water partition coefficient (Wildman–Crippen LogP) is 2.20. The number of ether oxygens (including phenoxy) is 1. The molecule has 1 unspecified atom stereocenters. The van der Waals surface area contributed by atoms with E-state index in [-0.39, 0.29) is 18.1 Å². The van der Waals surface area contributed by atoms with Crippen molar-refractivity contribution in [3.8, 4) is 0 Å². The predicted molar refractivity (Wildman–Crippen MR) is 67.5 cm³/mol. The number of benzene rings is 1. The topological polar surface area (TPSA) is 38.3 Å². The Bertz CT molecular complexity index is 458. The van der Waals surface area contributed by atoms with Gasteiger partial charge in [-0.05, 0) is 36.5 Å². The number of carbonyl (C=O) groups excluding carboxylic acids is 1. The Balaban J connectivity index is 2.01. The third kappa shape index (κ3) is 2.00. The first-order chi connectivity index (χ1) is 8.21. The van der Waals surface area contributed by atoms with Crippen LogP contribution in [0.15, 0.2) is 28.7 Å². The molecule has 1 amide bonds. The van der Waals surface area contributed by atoms with Crippen molar-refractivity contribution in [3.05, 3.63) is 34.3 Å². The summed E-state index contributed by atoms with van der Waals surface area (Å²) in [5.41, 5.74) is 0.835. The van der Waals surface area contributed by atoms with Crippen molar-refractivity contribution in [2.75, 3.05) is 13.2 Å². The normalized spacial score (nSPS) is 28.9. The highest BCUT2D eigenvalue weighted by molar-refractivity contribution is 9.10. The van der Waals surface area contributed by atoms with Gasteiger partial charge in [0.2, 0.25) is 5.91 Å². The fourth-order valence-electron chi connectivity index (χ4n) is 2.58. The van der Waals surface area contributed by atoms with E-state index in [4.69, 9.17) is 4.74 Å². The van der Waals surface area contributed by atoms with Gasteiger partial charge in [0.25, 0.3) is 0 Å². The minimum absolute atomic E-state index is 0.0110. The van der Waals surface area contributed by atoms with Gasteiger partial charge in [0.05, 0.1) is 12.1 Å². The van der Waals surface area contributed by atoms with E-state index in [0.717, 1.165) is 22.9 Å². The average Bonchev–Trinajstić information content (AvgIpc) is 3.13. The molecule has 0 bridgehead atoms. The summed E-state index contributed by atoms with van der Waals surface area (Å²) in [5.74, 6) is 0.504. The minimum atomic E-state index is -0.306. The lowest BCUT2D eigenvalue weighted by Gasteiger charge is -2.38. The fourth-order valence-corrected chi connectivity index (χ4v) is 2.98. The Kier molecular flexibility index (Phi) is 2.71. The maximum atomic E-state index is 11.6. The highest BCUT2D eigenvalue weighted by Gasteiger charge is 2.49. The molecule has 3 rings (SSSR count). The molecule has 1 aromatic rings. The van der Waals surface area contributed by atoms with Crippen molar-refractivity contribution >= 4 is 21.8 Å². The van der Waals surface area contributed by atoms with Crippen LogP contribution in [0.2, 0.25) is 0 Å². The van der Waals surface area contributed by atoms with Gasteiger partial charge in [0.1, 0.15) is 6.61 Å². The Hall–Kier alpha value is -0.870. The number of carbonyl (C=O) groups is 1. The zero-order chi connectivity index (χ0) is 11.9. The molecule has 1 N–H and O–H groups in total. The molecule has 1 aliphatic heterocycles. The van der Waals surface area contributed by atoms with Crippen LogP contribution >= 0.6 is 15.9 Å². The van der Waals surface area contributed by atoms with E-state index < -0.39 is 0 Å². The highest BCUT2D eigenvalue weighted by atomic mass is 79.9. The van der Waals surface area contributed by atoms with Crippen LogP contribution in [0.3, 0.4) is 0 Å². The second-order valence-corrected chi connectivity index (χ2v) is 5.71. The Morgan fingerprint density at radius 1 is 1.41 bits per heavy atom. The van der Waals surface area contributed by atoms with Crippen molar-refractivity contribution in [2.45, 2.75) is 18.4 Å². The molecule has 1 saturated heterocycles. The van der Waals surface area contributed by atoms with Crippen molar-refractivity contribution in [1.82, 2.24) is 5.32 Å². The van der Waals surface area contributed by atoms with E-state index in [2.05, 4.69) is 33.4 Å². The molecule has 2 fully saturated rings. The fraction of sp³-hybridized carbons (Fsp3) is 0.462. The van der Waals surface area contributed by atoms with E-state index in [9.17, 15) is 4.79 Å². The number of halogens is 1. The standard InChI is InChI=1S/C13H14BrNO2/c14-11-3-1-2-10(6-11)13(9-4-5-9)8-17-7-12(16)15-13/h1-3,6,9H,4-5,7-8H2,(H,15,16). The SMILES string of the molecule is O=C1COCC(c2cccc(Br)c2)(C2CC2)N1. The number of hydrogen-bond donors (Lipinski definition) is 1. The first-order valence-corrected chi connectivity index (χ1v) is 6.65. The van der Waals surface area contributed by atoms with E-state index in [1.54, 1.807) is 0 Å². The number of rotatable bonds is 2. The van der Waals surface area contributed by atoms with Gasteiger partial charge in [-0.15, -0.1) is 0 Å². The van der Waals surface area contributed by atoms with Crippen molar-refractivity contribution in [3.63, 3.8) is 0 Å². The summed E-state index contributed by atoms with van der Waals surface area (Å²) in [5, 5.41) is 3.15. The Morgan fingerprint density at radius 2 is 2.24 bits per heavy atom. The van der Waals surface area contributed by atoms with Crippen molar-refractivity contribution in [1.29, 1.82) is 0 Å². The lowest BCUT2D eigenvalue weighted by Crippen LogP contribution is -2.56. The quantitative estimate of drug-likeness (QED) is 0.908. The zero-order valence-corrected chi connectivity index (χ0v) is 11.0. The minimum Gasteiger partial charge on any atom is -0.369 e. The van der Waals surface area contributed by atoms with Crippen LogP contribution in [0.25, 0.3) is 0 Å². The Morgan fingerprint density at radius 3 is 2.88 bits per heavy atom. The van der Waals surface area contributed by atoms with Gasteiger partial charge in [0, 0.05) is 4.47 Å². The van der Waals surface area contributed by atoms with Crippen LogP contribution in [-0.4, -0.2) is 19.1 Å². The van der Waals surface area contributed by atoms with E-state index >= 15 is 0 Å². The lowest BCUT2D eigenvalue weighted by molar-refractivity contribution is -0.136. The maximum absolute atomic E-state index is 11.6. The van der Waals surface area contributed by atoms with Crippen LogP contribution in [0.5, 0.6) is 0 Å². The number of hydrogen-bond acceptors (Lipinski definition) is 2. The molecule has 3 nitrogen and oxygen atoms in total. The van der Waals surface area contributed by atoms with Gasteiger partial charge < -0.3 is 10.1 Å². The molecule has 90 valence electrons. The molecule has 17 heavy (non-hydrogen) atoms. The number of morpholine rings is 1. The second kappa shape index (κ2) is 4.10. The third-order valence-corrected chi connectivity index (χ3v) is 4.03. The van der Waals surface area contributed by atoms with Crippen LogP contribution in [0.1, 0.15) is 18.4 Å². The summed E-state index contributed by atoms with van der Waals surface area (Å²) in [6.45, 7) is 0.766. The molecule has 4 heteroatoms. The molecular formula is C13H14BrNO2. The molecule has 1 saturated carbocycles. The zero-order valence-electron chi connectivity index (χ0n) is 9.41. The molecular weight excluding hydrogens is 282 g/mol. The van der Waals surface area contributed by atoms with Gasteiger partial charge >= 0.3 is 0 Å². The molecule has 1 heterocycles. The van der Waals surface area contributed by atoms with Crippen molar-refractivity contribution in [2.24, 2.45) is 5.92 Å². The summed E-state index contributed by atoms with van der Waals surface area (Å²) < 4.78 is 6.50. The molecule has 1 aliphatic carbocycles. The molecule has 1 atom stereocenters. The number of amides is 1. The van der Waals surface area contributed by atoms with Gasteiger partial charge in [-0.25, -0.2) is 0 Å². The van der Waals surface area contributed by atoms with E-state index in [1.807, 2.05) is 12.1 Å². The summed E-state index contributed by atoms with van der Waals surface area (Å²) in [4.78, 5) is 11.6. The smallest absolute Gasteiger partial charge is 0.246 e. The van der Waals surface area contributed by atoms with Crippen LogP contribution in [-0.2, 0) is 15.1 Å². The largest absolute Gasteiger partial charge is 0.369 e. The van der Waals surface area contributed by atoms with E-state index in [0.29, 0.717) is 12.5 Å². The maximum Gasteiger partial charge on any atom is 0.246 e. The first-order valence-electron chi connectivity index (χ1n) is 5.85. The third-order valence-electron chi connectivity index (χ3n) is 3.54. The van der Waals surface area contributed by atoms with Crippen LogP contribution in [0, 0.1) is 5.92 Å². The second-order valence-electron chi connectivity index (χ2n) is 4.80. The molecule has 2 aliphatic rings. The summed E-state index contributed by atoms with van der Waals surface area (Å²) in [6, 6.07) is 8.14. The van der Waals surface area contributed by atoms with E-state index in [1.165, 1.54) is 0 Å². The van der Waals surface area contributed by atoms with Crippen LogP contribution in [0.4, 0.5) is 0 Å². The van der Waals surface area contributed by atoms with Gasteiger partial charge in [-0.1, -0.05) is 28.1 Å². The van der Waals surface area contributed by atoms with Gasteiger partial charge in [0.15, 0.2) is 0 Å². The van der Waals surface area contributed by atoms with Gasteiger partial charge in [-0.2, -0.15) is 0 Å². The number of nitrogens with one attached hydrogen (secondary N) is 1. The lowest BCUT2D eigenvalue weighted by atomic mass is 9.85. The summed E-state index contributed by atoms with van der Waals surface area (Å²) >= 11 is 3.48. The van der Waals surface area contributed by atoms with Crippen LogP contribution < -0.4 is 5.32 Å². The molecule has 1 aromatic carbocycles. The van der Waals surface area contributed by atoms with Crippen molar-refractivity contribution < 1.29 is 9.53 Å². The summed E-state index contributed by atoms with van der Waals surface area (Å²) in [6.07, 6.45) is 2.33. The Labute approximate surface area is 109 Å². The first kappa shape index (κ1) is 11.2. The highest BCUT2D eigenvalue weighted by Crippen LogP contribution is 2.47.